The number of aromatic nitrogens is 3. The van der Waals surface area contributed by atoms with Crippen LogP contribution in [0.15, 0.2) is 47.3 Å². The van der Waals surface area contributed by atoms with Crippen molar-refractivity contribution >= 4 is 29.1 Å². The lowest BCUT2D eigenvalue weighted by molar-refractivity contribution is -0.142. The van der Waals surface area contributed by atoms with Gasteiger partial charge in [0.2, 0.25) is 5.91 Å². The summed E-state index contributed by atoms with van der Waals surface area (Å²) in [7, 11) is 0. The van der Waals surface area contributed by atoms with E-state index in [1.54, 1.807) is 10.6 Å². The molecule has 0 saturated carbocycles. The van der Waals surface area contributed by atoms with Crippen molar-refractivity contribution in [3.63, 3.8) is 0 Å². The van der Waals surface area contributed by atoms with Crippen LogP contribution >= 0.6 is 23.2 Å². The highest BCUT2D eigenvalue weighted by atomic mass is 35.5. The number of carbonyl (C=O) groups excluding carboxylic acids is 1. The van der Waals surface area contributed by atoms with Crippen LogP contribution in [0.4, 0.5) is 0 Å². The Labute approximate surface area is 240 Å². The van der Waals surface area contributed by atoms with Crippen LogP contribution < -0.4 is 10.4 Å². The topological polar surface area (TPSA) is 69.4 Å². The first-order valence-corrected chi connectivity index (χ1v) is 13.8. The second-order valence-corrected chi connectivity index (χ2v) is 11.5. The number of ether oxygens (including phenoxy) is 1. The van der Waals surface area contributed by atoms with Gasteiger partial charge >= 0.3 is 5.69 Å². The zero-order valence-electron chi connectivity index (χ0n) is 23.2. The van der Waals surface area contributed by atoms with Crippen LogP contribution in [-0.2, 0) is 24.3 Å². The molecule has 9 heteroatoms. The average Bonchev–Trinajstić information content (AvgIpc) is 3.23. The fourth-order valence-electron chi connectivity index (χ4n) is 4.17. The first kappa shape index (κ1) is 30.3. The van der Waals surface area contributed by atoms with Crippen LogP contribution in [0.25, 0.3) is 5.69 Å². The summed E-state index contributed by atoms with van der Waals surface area (Å²) in [5, 5.41) is 5.04. The molecular formula is C30H36Cl2N4O3. The molecule has 1 aliphatic heterocycles. The fourth-order valence-corrected chi connectivity index (χ4v) is 4.68. The molecule has 0 aliphatic carbocycles. The van der Waals surface area contributed by atoms with E-state index in [2.05, 4.69) is 37.0 Å². The highest BCUT2D eigenvalue weighted by Crippen LogP contribution is 2.32. The molecule has 39 heavy (non-hydrogen) atoms. The molecule has 7 nitrogen and oxygen atoms in total. The number of aryl methyl sites for hydroxylation is 1. The standard InChI is InChI=1S/C15H13Cl2N3O2.C15H23NO/c1-2-7-22-13-9-12(10(16)8-11(13)17)20-15(21)19-6-4-3-5-14(19)18-20;1-12(2)16(14(17)15(3,4)5)11-13-9-7-6-8-10-13/h1,8-9H,3-7H2;6-10,12H,11H2,1-5H3. The van der Waals surface area contributed by atoms with E-state index in [1.165, 1.54) is 16.3 Å². The molecule has 3 aromatic rings. The first-order chi connectivity index (χ1) is 18.4. The van der Waals surface area contributed by atoms with Gasteiger partial charge in [-0.05, 0) is 38.3 Å². The van der Waals surface area contributed by atoms with Crippen molar-refractivity contribution in [3.05, 3.63) is 74.4 Å². The molecular weight excluding hydrogens is 535 g/mol. The number of nitrogens with zero attached hydrogens (tertiary/aromatic N) is 4. The normalized spacial score (nSPS) is 12.7. The number of halogens is 2. The molecule has 208 valence electrons. The van der Waals surface area contributed by atoms with Crippen LogP contribution in [0.1, 0.15) is 58.8 Å². The van der Waals surface area contributed by atoms with Gasteiger partial charge in [0.15, 0.2) is 0 Å². The van der Waals surface area contributed by atoms with Gasteiger partial charge in [-0.1, -0.05) is 80.2 Å². The van der Waals surface area contributed by atoms with Gasteiger partial charge in [0, 0.05) is 37.0 Å². The summed E-state index contributed by atoms with van der Waals surface area (Å²) >= 11 is 12.3. The van der Waals surface area contributed by atoms with Crippen LogP contribution in [0.2, 0.25) is 10.0 Å². The average molecular weight is 572 g/mol. The number of amides is 1. The second kappa shape index (κ2) is 13.2. The van der Waals surface area contributed by atoms with Gasteiger partial charge in [-0.3, -0.25) is 9.36 Å². The maximum atomic E-state index is 12.5. The molecule has 0 unspecified atom stereocenters. The van der Waals surface area contributed by atoms with Gasteiger partial charge in [0.25, 0.3) is 0 Å². The monoisotopic (exact) mass is 570 g/mol. The molecule has 0 fully saturated rings. The fraction of sp³-hybridized carbons (Fsp3) is 0.433. The van der Waals surface area contributed by atoms with Gasteiger partial charge in [0.1, 0.15) is 18.2 Å². The third kappa shape index (κ3) is 7.68. The summed E-state index contributed by atoms with van der Waals surface area (Å²) in [5.74, 6) is 3.71. The number of terminal acetylenes is 1. The summed E-state index contributed by atoms with van der Waals surface area (Å²) in [6.07, 6.45) is 7.97. The molecule has 1 aliphatic rings. The molecule has 2 heterocycles. The minimum atomic E-state index is -0.320. The molecule has 1 aromatic heterocycles. The zero-order chi connectivity index (χ0) is 28.7. The summed E-state index contributed by atoms with van der Waals surface area (Å²) in [4.78, 5) is 26.8. The summed E-state index contributed by atoms with van der Waals surface area (Å²) in [6, 6.07) is 13.5. The van der Waals surface area contributed by atoms with Crippen LogP contribution in [0.3, 0.4) is 0 Å². The quantitative estimate of drug-likeness (QED) is 0.333. The smallest absolute Gasteiger partial charge is 0.350 e. The van der Waals surface area contributed by atoms with Crippen molar-refractivity contribution in [2.45, 2.75) is 73.0 Å². The molecule has 0 saturated heterocycles. The van der Waals surface area contributed by atoms with Crippen LogP contribution in [-0.4, -0.2) is 37.8 Å². The van der Waals surface area contributed by atoms with Crippen LogP contribution in [0, 0.1) is 17.8 Å². The predicted molar refractivity (Wildman–Crippen MR) is 157 cm³/mol. The Morgan fingerprint density at radius 2 is 1.85 bits per heavy atom. The Balaban J connectivity index is 0.000000224. The minimum Gasteiger partial charge on any atom is -0.479 e. The molecule has 0 N–H and O–H groups in total. The predicted octanol–water partition coefficient (Wildman–Crippen LogP) is 6.16. The van der Waals surface area contributed by atoms with Gasteiger partial charge in [-0.25, -0.2) is 4.79 Å². The highest BCUT2D eigenvalue weighted by Gasteiger charge is 2.28. The molecule has 0 radical (unpaired) electrons. The van der Waals surface area contributed by atoms with E-state index in [1.807, 2.05) is 43.9 Å². The number of hydrogen-bond acceptors (Lipinski definition) is 4. The molecule has 1 amide bonds. The lowest BCUT2D eigenvalue weighted by atomic mass is 9.93. The highest BCUT2D eigenvalue weighted by molar-refractivity contribution is 6.36. The van der Waals surface area contributed by atoms with E-state index in [0.29, 0.717) is 34.6 Å². The number of benzene rings is 2. The number of carbonyl (C=O) groups is 1. The minimum absolute atomic E-state index is 0.0788. The van der Waals surface area contributed by atoms with E-state index >= 15 is 0 Å². The summed E-state index contributed by atoms with van der Waals surface area (Å²) < 4.78 is 8.34. The number of rotatable bonds is 6. The number of hydrogen-bond donors (Lipinski definition) is 0. The van der Waals surface area contributed by atoms with E-state index in [9.17, 15) is 9.59 Å². The Morgan fingerprint density at radius 3 is 2.44 bits per heavy atom. The largest absolute Gasteiger partial charge is 0.479 e. The molecule has 0 atom stereocenters. The van der Waals surface area contributed by atoms with E-state index in [4.69, 9.17) is 34.4 Å². The van der Waals surface area contributed by atoms with Crippen molar-refractivity contribution < 1.29 is 9.53 Å². The molecule has 0 spiro atoms. The van der Waals surface area contributed by atoms with Gasteiger partial charge in [-0.2, -0.15) is 4.68 Å². The van der Waals surface area contributed by atoms with Gasteiger partial charge in [-0.15, -0.1) is 11.5 Å². The summed E-state index contributed by atoms with van der Waals surface area (Å²) in [5.41, 5.74) is 1.09. The first-order valence-electron chi connectivity index (χ1n) is 13.0. The lowest BCUT2D eigenvalue weighted by Gasteiger charge is -2.32. The van der Waals surface area contributed by atoms with E-state index in [-0.39, 0.29) is 29.7 Å². The number of fused-ring (bicyclic) bond motifs is 1. The Bertz CT molecular complexity index is 1380. The maximum absolute atomic E-state index is 12.5. The van der Waals surface area contributed by atoms with Gasteiger partial charge in [0.05, 0.1) is 15.7 Å². The van der Waals surface area contributed by atoms with Crippen LogP contribution in [0.5, 0.6) is 5.75 Å². The Hall–Kier alpha value is -3.21. The Morgan fingerprint density at radius 1 is 1.15 bits per heavy atom. The van der Waals surface area contributed by atoms with Crippen molar-refractivity contribution in [2.75, 3.05) is 6.61 Å². The van der Waals surface area contributed by atoms with E-state index < -0.39 is 0 Å². The Kier molecular flexibility index (Phi) is 10.3. The van der Waals surface area contributed by atoms with E-state index in [0.717, 1.165) is 25.1 Å². The van der Waals surface area contributed by atoms with Crippen molar-refractivity contribution in [2.24, 2.45) is 5.41 Å². The van der Waals surface area contributed by atoms with Gasteiger partial charge < -0.3 is 9.64 Å². The summed E-state index contributed by atoms with van der Waals surface area (Å²) in [6.45, 7) is 11.5. The third-order valence-electron chi connectivity index (χ3n) is 6.23. The lowest BCUT2D eigenvalue weighted by Crippen LogP contribution is -2.43. The zero-order valence-corrected chi connectivity index (χ0v) is 24.7. The second-order valence-electron chi connectivity index (χ2n) is 10.7. The molecule has 2 aromatic carbocycles. The molecule has 4 rings (SSSR count). The third-order valence-corrected chi connectivity index (χ3v) is 6.83. The van der Waals surface area contributed by atoms with Crippen molar-refractivity contribution in [3.8, 4) is 23.8 Å². The van der Waals surface area contributed by atoms with Crippen molar-refractivity contribution in [1.29, 1.82) is 0 Å². The molecule has 0 bridgehead atoms. The SMILES string of the molecule is C#CCOc1cc(-n2nc3n(c2=O)CCCC3)c(Cl)cc1Cl.CC(C)N(Cc1ccccc1)C(=O)C(C)(C)C. The van der Waals surface area contributed by atoms with Crippen molar-refractivity contribution in [1.82, 2.24) is 19.2 Å². The maximum Gasteiger partial charge on any atom is 0.350 e.